The summed E-state index contributed by atoms with van der Waals surface area (Å²) in [5.41, 5.74) is 5.38. The molecule has 0 fully saturated rings. The van der Waals surface area contributed by atoms with Gasteiger partial charge in [0.1, 0.15) is 6.04 Å². The van der Waals surface area contributed by atoms with Crippen molar-refractivity contribution in [2.24, 2.45) is 5.73 Å². The van der Waals surface area contributed by atoms with Gasteiger partial charge in [-0.25, -0.2) is 0 Å². The molecule has 23 heavy (non-hydrogen) atoms. The Hall–Kier alpha value is -1.63. The third-order valence-electron chi connectivity index (χ3n) is 3.63. The predicted molar refractivity (Wildman–Crippen MR) is 87.0 cm³/mol. The number of carbonyl (C=O) groups excluding carboxylic acids is 1. The lowest BCUT2D eigenvalue weighted by molar-refractivity contribution is -0.139. The number of hydrogen-bond acceptors (Lipinski definition) is 4. The van der Waals surface area contributed by atoms with Crippen LogP contribution >= 0.6 is 0 Å². The van der Waals surface area contributed by atoms with E-state index in [0.29, 0.717) is 25.8 Å². The number of aliphatic carboxylic acids is 2. The summed E-state index contributed by atoms with van der Waals surface area (Å²) in [6, 6.07) is -0.818. The molecule has 0 aliphatic carbocycles. The van der Waals surface area contributed by atoms with Crippen LogP contribution in [0.25, 0.3) is 0 Å². The molecule has 0 saturated carbocycles. The minimum Gasteiger partial charge on any atom is -0.481 e. The number of unbranched alkanes of at least 4 members (excludes halogenated alkanes) is 6. The van der Waals surface area contributed by atoms with Crippen LogP contribution in [0.15, 0.2) is 0 Å². The minimum absolute atomic E-state index is 0.0263. The van der Waals surface area contributed by atoms with Gasteiger partial charge in [-0.2, -0.15) is 0 Å². The van der Waals surface area contributed by atoms with Gasteiger partial charge >= 0.3 is 11.9 Å². The fraction of sp³-hybridized carbons (Fsp3) is 0.812. The van der Waals surface area contributed by atoms with Crippen molar-refractivity contribution in [3.63, 3.8) is 0 Å². The molecule has 0 saturated heterocycles. The summed E-state index contributed by atoms with van der Waals surface area (Å²) in [4.78, 5) is 32.4. The first-order chi connectivity index (χ1) is 10.9. The largest absolute Gasteiger partial charge is 0.481 e. The van der Waals surface area contributed by atoms with Crippen LogP contribution in [0.3, 0.4) is 0 Å². The van der Waals surface area contributed by atoms with E-state index in [1.54, 1.807) is 0 Å². The van der Waals surface area contributed by atoms with Crippen LogP contribution in [0, 0.1) is 0 Å². The molecule has 7 heteroatoms. The highest BCUT2D eigenvalue weighted by Gasteiger charge is 2.10. The fourth-order valence-electron chi connectivity index (χ4n) is 2.20. The number of carbonyl (C=O) groups is 3. The molecule has 0 aliphatic heterocycles. The van der Waals surface area contributed by atoms with E-state index in [0.717, 1.165) is 44.9 Å². The summed E-state index contributed by atoms with van der Waals surface area (Å²) < 4.78 is 0. The molecule has 1 atom stereocenters. The standard InChI is InChI=1S/C16H30N2O5/c17-13(16(22)23)9-7-8-12-18-14(19)10-5-3-1-2-4-6-11-15(20)21/h13H,1-12,17H2,(H,18,19)(H,20,21)(H,22,23)/t13-/m0/s1. The molecule has 0 aliphatic rings. The number of hydrogen-bond donors (Lipinski definition) is 4. The molecule has 0 bridgehead atoms. The van der Waals surface area contributed by atoms with Gasteiger partial charge in [-0.3, -0.25) is 14.4 Å². The topological polar surface area (TPSA) is 130 Å². The number of carboxylic acids is 2. The van der Waals surface area contributed by atoms with Crippen molar-refractivity contribution in [1.29, 1.82) is 0 Å². The normalized spacial score (nSPS) is 11.9. The molecule has 7 nitrogen and oxygen atoms in total. The Kier molecular flexibility index (Phi) is 13.0. The first-order valence-corrected chi connectivity index (χ1v) is 8.40. The molecule has 0 aromatic carbocycles. The van der Waals surface area contributed by atoms with Crippen LogP contribution in [0.2, 0.25) is 0 Å². The maximum Gasteiger partial charge on any atom is 0.320 e. The Balaban J connectivity index is 3.31. The number of nitrogens with two attached hydrogens (primary N) is 1. The molecule has 134 valence electrons. The summed E-state index contributed by atoms with van der Waals surface area (Å²) in [6.07, 6.45) is 8.09. The lowest BCUT2D eigenvalue weighted by atomic mass is 10.1. The van der Waals surface area contributed by atoms with Crippen molar-refractivity contribution in [3.05, 3.63) is 0 Å². The van der Waals surface area contributed by atoms with Gasteiger partial charge in [0.2, 0.25) is 5.91 Å². The van der Waals surface area contributed by atoms with Gasteiger partial charge in [-0.05, 0) is 32.1 Å². The third kappa shape index (κ3) is 15.1. The summed E-state index contributed by atoms with van der Waals surface area (Å²) in [5, 5.41) is 19.9. The highest BCUT2D eigenvalue weighted by atomic mass is 16.4. The van der Waals surface area contributed by atoms with Crippen molar-refractivity contribution in [2.45, 2.75) is 76.7 Å². The van der Waals surface area contributed by atoms with E-state index in [9.17, 15) is 14.4 Å². The Morgan fingerprint density at radius 3 is 1.96 bits per heavy atom. The number of amides is 1. The SMILES string of the molecule is N[C@@H](CCCCNC(=O)CCCCCCCCC(=O)O)C(=O)O. The van der Waals surface area contributed by atoms with Crippen LogP contribution in [0.4, 0.5) is 0 Å². The summed E-state index contributed by atoms with van der Waals surface area (Å²) >= 11 is 0. The molecular weight excluding hydrogens is 300 g/mol. The Labute approximate surface area is 137 Å². The Morgan fingerprint density at radius 1 is 0.826 bits per heavy atom. The van der Waals surface area contributed by atoms with E-state index in [1.165, 1.54) is 0 Å². The van der Waals surface area contributed by atoms with Crippen LogP contribution in [0.1, 0.15) is 70.6 Å². The Bertz CT molecular complexity index is 360. The van der Waals surface area contributed by atoms with E-state index >= 15 is 0 Å². The fourth-order valence-corrected chi connectivity index (χ4v) is 2.20. The van der Waals surface area contributed by atoms with Crippen molar-refractivity contribution >= 4 is 17.8 Å². The van der Waals surface area contributed by atoms with Crippen molar-refractivity contribution in [3.8, 4) is 0 Å². The molecule has 0 aromatic rings. The molecule has 5 N–H and O–H groups in total. The highest BCUT2D eigenvalue weighted by molar-refractivity contribution is 5.75. The summed E-state index contributed by atoms with van der Waals surface area (Å²) in [6.45, 7) is 0.556. The average Bonchev–Trinajstić information content (AvgIpc) is 2.48. The molecule has 0 spiro atoms. The number of rotatable bonds is 15. The first kappa shape index (κ1) is 21.4. The molecule has 0 aromatic heterocycles. The predicted octanol–water partition coefficient (Wildman–Crippen LogP) is 1.89. The van der Waals surface area contributed by atoms with Gasteiger partial charge in [-0.1, -0.05) is 25.7 Å². The van der Waals surface area contributed by atoms with Crippen LogP contribution in [0.5, 0.6) is 0 Å². The molecule has 0 heterocycles. The minimum atomic E-state index is -0.989. The van der Waals surface area contributed by atoms with E-state index in [2.05, 4.69) is 5.32 Å². The van der Waals surface area contributed by atoms with Crippen molar-refractivity contribution in [2.75, 3.05) is 6.54 Å². The van der Waals surface area contributed by atoms with Gasteiger partial charge in [0.25, 0.3) is 0 Å². The second-order valence-electron chi connectivity index (χ2n) is 5.81. The Morgan fingerprint density at radius 2 is 1.39 bits per heavy atom. The molecule has 0 radical (unpaired) electrons. The zero-order valence-corrected chi connectivity index (χ0v) is 13.8. The van der Waals surface area contributed by atoms with Crippen molar-refractivity contribution < 1.29 is 24.6 Å². The molecule has 1 amide bonds. The van der Waals surface area contributed by atoms with E-state index in [-0.39, 0.29) is 12.3 Å². The van der Waals surface area contributed by atoms with Crippen LogP contribution in [-0.4, -0.2) is 40.6 Å². The zero-order valence-electron chi connectivity index (χ0n) is 13.8. The number of nitrogens with one attached hydrogen (secondary N) is 1. The third-order valence-corrected chi connectivity index (χ3v) is 3.63. The summed E-state index contributed by atoms with van der Waals surface area (Å²) in [7, 11) is 0. The van der Waals surface area contributed by atoms with E-state index in [1.807, 2.05) is 0 Å². The van der Waals surface area contributed by atoms with Gasteiger partial charge < -0.3 is 21.3 Å². The van der Waals surface area contributed by atoms with Crippen LogP contribution < -0.4 is 11.1 Å². The molecule has 0 rings (SSSR count). The van der Waals surface area contributed by atoms with E-state index < -0.39 is 18.0 Å². The quantitative estimate of drug-likeness (QED) is 0.339. The van der Waals surface area contributed by atoms with Gasteiger partial charge in [-0.15, -0.1) is 0 Å². The smallest absolute Gasteiger partial charge is 0.320 e. The second-order valence-corrected chi connectivity index (χ2v) is 5.81. The van der Waals surface area contributed by atoms with Gasteiger partial charge in [0.05, 0.1) is 0 Å². The second kappa shape index (κ2) is 14.0. The van der Waals surface area contributed by atoms with Crippen LogP contribution in [-0.2, 0) is 14.4 Å². The first-order valence-electron chi connectivity index (χ1n) is 8.40. The zero-order chi connectivity index (χ0) is 17.5. The average molecular weight is 330 g/mol. The maximum atomic E-state index is 11.6. The molecular formula is C16H30N2O5. The van der Waals surface area contributed by atoms with E-state index in [4.69, 9.17) is 15.9 Å². The summed E-state index contributed by atoms with van der Waals surface area (Å²) in [5.74, 6) is -1.71. The van der Waals surface area contributed by atoms with Gasteiger partial charge in [0.15, 0.2) is 0 Å². The maximum absolute atomic E-state index is 11.6. The number of carboxylic acid groups (broad SMARTS) is 2. The van der Waals surface area contributed by atoms with Gasteiger partial charge in [0, 0.05) is 19.4 Å². The lowest BCUT2D eigenvalue weighted by Gasteiger charge is -2.07. The monoisotopic (exact) mass is 330 g/mol. The van der Waals surface area contributed by atoms with Crippen molar-refractivity contribution in [1.82, 2.24) is 5.32 Å². The lowest BCUT2D eigenvalue weighted by Crippen LogP contribution is -2.30. The highest BCUT2D eigenvalue weighted by Crippen LogP contribution is 2.08. The molecule has 0 unspecified atom stereocenters.